The van der Waals surface area contributed by atoms with Crippen molar-refractivity contribution in [2.45, 2.75) is 6.54 Å². The number of hydrogen-bond donors (Lipinski definition) is 0. The summed E-state index contributed by atoms with van der Waals surface area (Å²) in [5.74, 6) is -0.605. The lowest BCUT2D eigenvalue weighted by Gasteiger charge is -2.15. The van der Waals surface area contributed by atoms with E-state index in [-0.39, 0.29) is 18.4 Å². The molecule has 2 amide bonds. The van der Waals surface area contributed by atoms with Gasteiger partial charge in [-0.2, -0.15) is 0 Å². The zero-order valence-corrected chi connectivity index (χ0v) is 14.2. The molecule has 21 heavy (non-hydrogen) atoms. The Morgan fingerprint density at radius 1 is 1.00 bits per heavy atom. The van der Waals surface area contributed by atoms with Gasteiger partial charge in [0.1, 0.15) is 0 Å². The molecule has 0 unspecified atom stereocenters. The van der Waals surface area contributed by atoms with Gasteiger partial charge in [-0.3, -0.25) is 14.5 Å². The van der Waals surface area contributed by atoms with E-state index in [2.05, 4.69) is 22.6 Å². The second kappa shape index (κ2) is 5.59. The van der Waals surface area contributed by atoms with Crippen LogP contribution in [-0.2, 0) is 6.54 Å². The third kappa shape index (κ3) is 2.56. The largest absolute Gasteiger partial charge is 0.270 e. The van der Waals surface area contributed by atoms with Gasteiger partial charge in [0.05, 0.1) is 27.7 Å². The van der Waals surface area contributed by atoms with E-state index in [4.69, 9.17) is 23.2 Å². The minimum absolute atomic E-state index is 0.113. The van der Waals surface area contributed by atoms with Crippen LogP contribution in [0.15, 0.2) is 36.4 Å². The van der Waals surface area contributed by atoms with Gasteiger partial charge in [0.2, 0.25) is 0 Å². The smallest absolute Gasteiger partial charge is 0.261 e. The Hall–Kier alpha value is -1.11. The highest BCUT2D eigenvalue weighted by Crippen LogP contribution is 2.30. The summed E-state index contributed by atoms with van der Waals surface area (Å²) in [5, 5.41) is 0.769. The summed E-state index contributed by atoms with van der Waals surface area (Å²) in [4.78, 5) is 25.9. The van der Waals surface area contributed by atoms with E-state index in [1.165, 1.54) is 4.90 Å². The quantitative estimate of drug-likeness (QED) is 0.522. The first-order valence-corrected chi connectivity index (χ1v) is 7.91. The van der Waals surface area contributed by atoms with Crippen LogP contribution in [0.5, 0.6) is 0 Å². The normalized spacial score (nSPS) is 13.8. The summed E-state index contributed by atoms with van der Waals surface area (Å²) in [7, 11) is 0. The van der Waals surface area contributed by atoms with Crippen LogP contribution in [-0.4, -0.2) is 16.7 Å². The summed E-state index contributed by atoms with van der Waals surface area (Å²) in [6.07, 6.45) is 0. The SMILES string of the molecule is O=C1c2ccc(I)cc2C(=O)N1Cc1cccc(Cl)c1Cl. The molecule has 3 rings (SSSR count). The van der Waals surface area contributed by atoms with E-state index in [1.54, 1.807) is 36.4 Å². The summed E-state index contributed by atoms with van der Waals surface area (Å²) in [6.45, 7) is 0.113. The fourth-order valence-corrected chi connectivity index (χ4v) is 3.12. The molecule has 0 fully saturated rings. The summed E-state index contributed by atoms with van der Waals surface area (Å²) in [5.41, 5.74) is 1.51. The lowest BCUT2D eigenvalue weighted by Crippen LogP contribution is -2.29. The van der Waals surface area contributed by atoms with Gasteiger partial charge >= 0.3 is 0 Å². The molecule has 0 atom stereocenters. The minimum Gasteiger partial charge on any atom is -0.270 e. The monoisotopic (exact) mass is 431 g/mol. The van der Waals surface area contributed by atoms with E-state index in [0.717, 1.165) is 3.57 Å². The molecular weight excluding hydrogens is 424 g/mol. The second-order valence-corrected chi connectivity index (χ2v) is 6.63. The van der Waals surface area contributed by atoms with Crippen molar-refractivity contribution >= 4 is 57.6 Å². The molecule has 0 spiro atoms. The Balaban J connectivity index is 1.97. The predicted octanol–water partition coefficient (Wildman–Crippen LogP) is 4.39. The lowest BCUT2D eigenvalue weighted by atomic mass is 10.1. The fraction of sp³-hybridized carbons (Fsp3) is 0.0667. The van der Waals surface area contributed by atoms with Crippen molar-refractivity contribution in [3.63, 3.8) is 0 Å². The molecule has 1 aliphatic rings. The van der Waals surface area contributed by atoms with Gasteiger partial charge in [-0.1, -0.05) is 35.3 Å². The van der Waals surface area contributed by atoms with Crippen LogP contribution in [0.25, 0.3) is 0 Å². The number of amides is 2. The molecule has 0 aromatic heterocycles. The summed E-state index contributed by atoms with van der Waals surface area (Å²) >= 11 is 14.2. The molecule has 0 N–H and O–H groups in total. The van der Waals surface area contributed by atoms with E-state index in [9.17, 15) is 9.59 Å². The van der Waals surface area contributed by atoms with E-state index >= 15 is 0 Å². The molecule has 106 valence electrons. The number of nitrogens with zero attached hydrogens (tertiary/aromatic N) is 1. The molecule has 0 radical (unpaired) electrons. The fourth-order valence-electron chi connectivity index (χ4n) is 2.25. The van der Waals surface area contributed by atoms with Gasteiger partial charge in [-0.25, -0.2) is 0 Å². The first-order chi connectivity index (χ1) is 9.99. The zero-order chi connectivity index (χ0) is 15.1. The van der Waals surface area contributed by atoms with E-state index < -0.39 is 0 Å². The van der Waals surface area contributed by atoms with E-state index in [1.807, 2.05) is 0 Å². The van der Waals surface area contributed by atoms with Crippen LogP contribution in [0.2, 0.25) is 10.0 Å². The van der Waals surface area contributed by atoms with E-state index in [0.29, 0.717) is 26.7 Å². The number of fused-ring (bicyclic) bond motifs is 1. The maximum atomic E-state index is 12.4. The van der Waals surface area contributed by atoms with Crippen LogP contribution >= 0.6 is 45.8 Å². The topological polar surface area (TPSA) is 37.4 Å². The third-order valence-corrected chi connectivity index (χ3v) is 4.82. The zero-order valence-electron chi connectivity index (χ0n) is 10.6. The molecule has 2 aromatic carbocycles. The predicted molar refractivity (Wildman–Crippen MR) is 89.8 cm³/mol. The number of carbonyl (C=O) groups is 2. The molecule has 0 saturated carbocycles. The number of hydrogen-bond acceptors (Lipinski definition) is 2. The number of imide groups is 1. The first kappa shape index (κ1) is 14.8. The van der Waals surface area contributed by atoms with Gasteiger partial charge < -0.3 is 0 Å². The maximum absolute atomic E-state index is 12.4. The number of halogens is 3. The van der Waals surface area contributed by atoms with Crippen LogP contribution < -0.4 is 0 Å². The molecule has 3 nitrogen and oxygen atoms in total. The van der Waals surface area contributed by atoms with Crippen molar-refractivity contribution in [1.29, 1.82) is 0 Å². The van der Waals surface area contributed by atoms with Crippen LogP contribution in [0.1, 0.15) is 26.3 Å². The van der Waals surface area contributed by atoms with Crippen LogP contribution in [0.3, 0.4) is 0 Å². The van der Waals surface area contributed by atoms with Gasteiger partial charge in [-0.05, 0) is 52.4 Å². The van der Waals surface area contributed by atoms with Crippen molar-refractivity contribution in [2.75, 3.05) is 0 Å². The average molecular weight is 432 g/mol. The van der Waals surface area contributed by atoms with Crippen molar-refractivity contribution in [3.05, 3.63) is 66.7 Å². The Morgan fingerprint density at radius 3 is 2.48 bits per heavy atom. The Bertz CT molecular complexity index is 776. The van der Waals surface area contributed by atoms with Gasteiger partial charge in [0.15, 0.2) is 0 Å². The Morgan fingerprint density at radius 2 is 1.71 bits per heavy atom. The highest BCUT2D eigenvalue weighted by Gasteiger charge is 2.35. The standard InChI is InChI=1S/C15H8Cl2INO2/c16-12-3-1-2-8(13(12)17)7-19-14(20)10-5-4-9(18)6-11(10)15(19)21/h1-6H,7H2. The second-order valence-electron chi connectivity index (χ2n) is 4.60. The van der Waals surface area contributed by atoms with Crippen molar-refractivity contribution in [1.82, 2.24) is 4.90 Å². The molecule has 0 saturated heterocycles. The highest BCUT2D eigenvalue weighted by atomic mass is 127. The first-order valence-electron chi connectivity index (χ1n) is 6.07. The molecular formula is C15H8Cl2INO2. The molecule has 1 heterocycles. The van der Waals surface area contributed by atoms with Crippen molar-refractivity contribution in [2.24, 2.45) is 0 Å². The number of carbonyl (C=O) groups excluding carboxylic acids is 2. The third-order valence-electron chi connectivity index (χ3n) is 3.29. The Kier molecular flexibility index (Phi) is 3.94. The highest BCUT2D eigenvalue weighted by molar-refractivity contribution is 14.1. The summed E-state index contributed by atoms with van der Waals surface area (Å²) in [6, 6.07) is 10.4. The van der Waals surface area contributed by atoms with Crippen LogP contribution in [0.4, 0.5) is 0 Å². The van der Waals surface area contributed by atoms with Crippen molar-refractivity contribution < 1.29 is 9.59 Å². The number of benzene rings is 2. The molecule has 6 heteroatoms. The lowest BCUT2D eigenvalue weighted by molar-refractivity contribution is 0.0642. The Labute approximate surface area is 145 Å². The maximum Gasteiger partial charge on any atom is 0.261 e. The molecule has 0 bridgehead atoms. The molecule has 2 aromatic rings. The van der Waals surface area contributed by atoms with Gasteiger partial charge in [0.25, 0.3) is 11.8 Å². The molecule has 1 aliphatic heterocycles. The molecule has 0 aliphatic carbocycles. The summed E-state index contributed by atoms with van der Waals surface area (Å²) < 4.78 is 0.912. The van der Waals surface area contributed by atoms with Gasteiger partial charge in [-0.15, -0.1) is 0 Å². The number of rotatable bonds is 2. The van der Waals surface area contributed by atoms with Crippen LogP contribution in [0, 0.1) is 3.57 Å². The average Bonchev–Trinajstić information content (AvgIpc) is 2.68. The van der Waals surface area contributed by atoms with Gasteiger partial charge in [0, 0.05) is 3.57 Å². The van der Waals surface area contributed by atoms with Crippen molar-refractivity contribution in [3.8, 4) is 0 Å². The minimum atomic E-state index is -0.303.